The van der Waals surface area contributed by atoms with E-state index in [4.69, 9.17) is 4.74 Å². The fourth-order valence-corrected chi connectivity index (χ4v) is 2.11. The highest BCUT2D eigenvalue weighted by Crippen LogP contribution is 2.10. The Labute approximate surface area is 108 Å². The molecule has 0 unspecified atom stereocenters. The van der Waals surface area contributed by atoms with E-state index in [1.807, 2.05) is 30.3 Å². The SMILES string of the molecule is O=C(NCC[C@H]1CCNC1)OCc1ccccc1. The fourth-order valence-electron chi connectivity index (χ4n) is 2.11. The molecule has 4 nitrogen and oxygen atoms in total. The Morgan fingerprint density at radius 1 is 1.39 bits per heavy atom. The summed E-state index contributed by atoms with van der Waals surface area (Å²) in [6.07, 6.45) is 1.90. The molecule has 0 saturated carbocycles. The molecular weight excluding hydrogens is 228 g/mol. The molecule has 1 saturated heterocycles. The van der Waals surface area contributed by atoms with Crippen LogP contribution in [0.2, 0.25) is 0 Å². The summed E-state index contributed by atoms with van der Waals surface area (Å²) >= 11 is 0. The van der Waals surface area contributed by atoms with Crippen LogP contribution >= 0.6 is 0 Å². The fraction of sp³-hybridized carbons (Fsp3) is 0.500. The van der Waals surface area contributed by atoms with Crippen molar-refractivity contribution < 1.29 is 9.53 Å². The van der Waals surface area contributed by atoms with Gasteiger partial charge in [-0.25, -0.2) is 4.79 Å². The van der Waals surface area contributed by atoms with E-state index >= 15 is 0 Å². The monoisotopic (exact) mass is 248 g/mol. The average Bonchev–Trinajstić information content (AvgIpc) is 2.91. The third kappa shape index (κ3) is 4.37. The smallest absolute Gasteiger partial charge is 0.407 e. The van der Waals surface area contributed by atoms with E-state index in [1.165, 1.54) is 6.42 Å². The molecule has 1 atom stereocenters. The second-order valence-electron chi connectivity index (χ2n) is 4.64. The maximum atomic E-state index is 11.4. The number of nitrogens with one attached hydrogen (secondary N) is 2. The first-order valence-electron chi connectivity index (χ1n) is 6.50. The van der Waals surface area contributed by atoms with Crippen LogP contribution in [0, 0.1) is 5.92 Å². The molecule has 1 heterocycles. The van der Waals surface area contributed by atoms with Gasteiger partial charge in [-0.05, 0) is 37.4 Å². The zero-order valence-electron chi connectivity index (χ0n) is 10.5. The highest BCUT2D eigenvalue weighted by Gasteiger charge is 2.14. The minimum Gasteiger partial charge on any atom is -0.445 e. The van der Waals surface area contributed by atoms with Crippen molar-refractivity contribution in [1.82, 2.24) is 10.6 Å². The summed E-state index contributed by atoms with van der Waals surface area (Å²) in [7, 11) is 0. The average molecular weight is 248 g/mol. The molecule has 1 aromatic carbocycles. The molecule has 1 aliphatic rings. The molecule has 0 spiro atoms. The second-order valence-corrected chi connectivity index (χ2v) is 4.64. The van der Waals surface area contributed by atoms with E-state index < -0.39 is 0 Å². The predicted octanol–water partition coefficient (Wildman–Crippen LogP) is 1.91. The van der Waals surface area contributed by atoms with Crippen LogP contribution in [-0.4, -0.2) is 25.7 Å². The molecule has 1 amide bonds. The Balaban J connectivity index is 1.57. The first-order valence-corrected chi connectivity index (χ1v) is 6.50. The van der Waals surface area contributed by atoms with Crippen molar-refractivity contribution in [2.45, 2.75) is 19.4 Å². The Bertz CT molecular complexity index is 361. The van der Waals surface area contributed by atoms with Gasteiger partial charge in [0, 0.05) is 6.54 Å². The van der Waals surface area contributed by atoms with Gasteiger partial charge in [0.25, 0.3) is 0 Å². The van der Waals surface area contributed by atoms with Crippen LogP contribution in [0.15, 0.2) is 30.3 Å². The first-order chi connectivity index (χ1) is 8.84. The number of alkyl carbamates (subject to hydrolysis) is 1. The first kappa shape index (κ1) is 12.9. The molecule has 0 aliphatic carbocycles. The molecule has 0 aromatic heterocycles. The third-order valence-electron chi connectivity index (χ3n) is 3.20. The standard InChI is InChI=1S/C14H20N2O2/c17-14(16-9-7-12-6-8-15-10-12)18-11-13-4-2-1-3-5-13/h1-5,12,15H,6-11H2,(H,16,17)/t12-/m1/s1. The molecule has 2 rings (SSSR count). The number of rotatable bonds is 5. The summed E-state index contributed by atoms with van der Waals surface area (Å²) in [6, 6.07) is 9.70. The van der Waals surface area contributed by atoms with Gasteiger partial charge in [0.1, 0.15) is 6.61 Å². The maximum absolute atomic E-state index is 11.4. The molecule has 0 bridgehead atoms. The molecule has 4 heteroatoms. The topological polar surface area (TPSA) is 50.4 Å². The van der Waals surface area contributed by atoms with Crippen LogP contribution in [-0.2, 0) is 11.3 Å². The maximum Gasteiger partial charge on any atom is 0.407 e. The zero-order chi connectivity index (χ0) is 12.6. The van der Waals surface area contributed by atoms with Crippen molar-refractivity contribution in [3.05, 3.63) is 35.9 Å². The van der Waals surface area contributed by atoms with E-state index in [9.17, 15) is 4.79 Å². The molecular formula is C14H20N2O2. The molecule has 98 valence electrons. The molecule has 1 aromatic rings. The number of ether oxygens (including phenoxy) is 1. The van der Waals surface area contributed by atoms with Gasteiger partial charge in [-0.15, -0.1) is 0 Å². The van der Waals surface area contributed by atoms with E-state index in [0.717, 1.165) is 25.1 Å². The summed E-state index contributed by atoms with van der Waals surface area (Å²) < 4.78 is 5.13. The highest BCUT2D eigenvalue weighted by atomic mass is 16.5. The molecule has 1 fully saturated rings. The van der Waals surface area contributed by atoms with Crippen molar-refractivity contribution in [2.75, 3.05) is 19.6 Å². The quantitative estimate of drug-likeness (QED) is 0.837. The number of carbonyl (C=O) groups excluding carboxylic acids is 1. The summed E-state index contributed by atoms with van der Waals surface area (Å²) in [4.78, 5) is 11.4. The molecule has 1 aliphatic heterocycles. The largest absolute Gasteiger partial charge is 0.445 e. The lowest BCUT2D eigenvalue weighted by molar-refractivity contribution is 0.139. The van der Waals surface area contributed by atoms with Crippen molar-refractivity contribution in [3.63, 3.8) is 0 Å². The lowest BCUT2D eigenvalue weighted by atomic mass is 10.1. The Morgan fingerprint density at radius 3 is 2.94 bits per heavy atom. The zero-order valence-corrected chi connectivity index (χ0v) is 10.5. The summed E-state index contributed by atoms with van der Waals surface area (Å²) in [5, 5.41) is 6.10. The van der Waals surface area contributed by atoms with Gasteiger partial charge in [-0.2, -0.15) is 0 Å². The van der Waals surface area contributed by atoms with Gasteiger partial charge in [0.15, 0.2) is 0 Å². The van der Waals surface area contributed by atoms with Crippen LogP contribution in [0.25, 0.3) is 0 Å². The Morgan fingerprint density at radius 2 is 2.22 bits per heavy atom. The second kappa shape index (κ2) is 7.01. The third-order valence-corrected chi connectivity index (χ3v) is 3.20. The van der Waals surface area contributed by atoms with E-state index in [-0.39, 0.29) is 6.09 Å². The van der Waals surface area contributed by atoms with E-state index in [0.29, 0.717) is 19.1 Å². The molecule has 0 radical (unpaired) electrons. The van der Waals surface area contributed by atoms with Crippen molar-refractivity contribution in [2.24, 2.45) is 5.92 Å². The number of amides is 1. The lowest BCUT2D eigenvalue weighted by Crippen LogP contribution is -2.27. The number of hydrogen-bond acceptors (Lipinski definition) is 3. The Kier molecular flexibility index (Phi) is 5.02. The van der Waals surface area contributed by atoms with Crippen molar-refractivity contribution in [1.29, 1.82) is 0 Å². The van der Waals surface area contributed by atoms with Gasteiger partial charge >= 0.3 is 6.09 Å². The minimum atomic E-state index is -0.329. The van der Waals surface area contributed by atoms with E-state index in [1.54, 1.807) is 0 Å². The van der Waals surface area contributed by atoms with Crippen LogP contribution in [0.4, 0.5) is 4.79 Å². The molecule has 2 N–H and O–H groups in total. The number of hydrogen-bond donors (Lipinski definition) is 2. The van der Waals surface area contributed by atoms with Gasteiger partial charge in [0.05, 0.1) is 0 Å². The van der Waals surface area contributed by atoms with Crippen LogP contribution < -0.4 is 10.6 Å². The summed E-state index contributed by atoms with van der Waals surface area (Å²) in [5.41, 5.74) is 1.01. The van der Waals surface area contributed by atoms with Crippen LogP contribution in [0.3, 0.4) is 0 Å². The number of carbonyl (C=O) groups is 1. The summed E-state index contributed by atoms with van der Waals surface area (Å²) in [5.74, 6) is 0.694. The molecule has 18 heavy (non-hydrogen) atoms. The van der Waals surface area contributed by atoms with Gasteiger partial charge in [0.2, 0.25) is 0 Å². The highest BCUT2D eigenvalue weighted by molar-refractivity contribution is 5.67. The van der Waals surface area contributed by atoms with E-state index in [2.05, 4.69) is 10.6 Å². The number of benzene rings is 1. The minimum absolute atomic E-state index is 0.329. The summed E-state index contributed by atoms with van der Waals surface area (Å²) in [6.45, 7) is 3.20. The predicted molar refractivity (Wildman–Crippen MR) is 70.2 cm³/mol. The van der Waals surface area contributed by atoms with Gasteiger partial charge in [-0.1, -0.05) is 30.3 Å². The van der Waals surface area contributed by atoms with Gasteiger partial charge < -0.3 is 15.4 Å². The van der Waals surface area contributed by atoms with Crippen molar-refractivity contribution in [3.8, 4) is 0 Å². The lowest BCUT2D eigenvalue weighted by Gasteiger charge is -2.09. The Hall–Kier alpha value is -1.55. The van der Waals surface area contributed by atoms with Gasteiger partial charge in [-0.3, -0.25) is 0 Å². The normalized spacial score (nSPS) is 18.6. The van der Waals surface area contributed by atoms with Crippen LogP contribution in [0.1, 0.15) is 18.4 Å². The van der Waals surface area contributed by atoms with Crippen LogP contribution in [0.5, 0.6) is 0 Å². The van der Waals surface area contributed by atoms with Crippen molar-refractivity contribution >= 4 is 6.09 Å².